The number of carbonyl (C=O) groups is 1. The Bertz CT molecular complexity index is 543. The lowest BCUT2D eigenvalue weighted by atomic mass is 10.1. The molecule has 0 aliphatic rings. The molecule has 0 unspecified atom stereocenters. The molecule has 5 heteroatoms. The quantitative estimate of drug-likeness (QED) is 0.839. The van der Waals surface area contributed by atoms with Crippen LogP contribution in [0.5, 0.6) is 5.75 Å². The molecule has 2 aromatic rings. The molecule has 2 rings (SSSR count). The highest BCUT2D eigenvalue weighted by molar-refractivity contribution is 5.70. The number of phenols is 1. The number of benzene rings is 1. The summed E-state index contributed by atoms with van der Waals surface area (Å²) < 4.78 is 1.74. The first-order valence-electron chi connectivity index (χ1n) is 5.09. The molecular formula is C12H12N2O3. The fourth-order valence-electron chi connectivity index (χ4n) is 1.65. The summed E-state index contributed by atoms with van der Waals surface area (Å²) in [5, 5.41) is 17.9. The van der Waals surface area contributed by atoms with Crippen LogP contribution < -0.4 is 0 Å². The van der Waals surface area contributed by atoms with Crippen LogP contribution in [0.15, 0.2) is 30.5 Å². The minimum Gasteiger partial charge on any atom is -0.508 e. The summed E-state index contributed by atoms with van der Waals surface area (Å²) in [6, 6.07) is 6.69. The zero-order valence-corrected chi connectivity index (χ0v) is 9.29. The van der Waals surface area contributed by atoms with Gasteiger partial charge in [0, 0.05) is 12.6 Å². The predicted molar refractivity (Wildman–Crippen MR) is 61.6 cm³/mol. The smallest absolute Gasteiger partial charge is 0.311 e. The fourth-order valence-corrected chi connectivity index (χ4v) is 1.65. The first-order chi connectivity index (χ1) is 8.08. The van der Waals surface area contributed by atoms with Crippen molar-refractivity contribution < 1.29 is 15.0 Å². The number of aromatic hydroxyl groups is 1. The summed E-state index contributed by atoms with van der Waals surface area (Å²) in [6.45, 7) is 0. The van der Waals surface area contributed by atoms with Crippen molar-refractivity contribution in [3.63, 3.8) is 0 Å². The van der Waals surface area contributed by atoms with Gasteiger partial charge >= 0.3 is 5.97 Å². The van der Waals surface area contributed by atoms with Crippen LogP contribution >= 0.6 is 0 Å². The summed E-state index contributed by atoms with van der Waals surface area (Å²) in [6.07, 6.45) is 1.53. The van der Waals surface area contributed by atoms with Crippen LogP contribution in [0.4, 0.5) is 0 Å². The van der Waals surface area contributed by atoms with E-state index in [1.54, 1.807) is 42.1 Å². The summed E-state index contributed by atoms with van der Waals surface area (Å²) >= 11 is 0. The molecule has 0 saturated carbocycles. The van der Waals surface area contributed by atoms with E-state index in [4.69, 9.17) is 5.11 Å². The van der Waals surface area contributed by atoms with Crippen LogP contribution in [0.3, 0.4) is 0 Å². The van der Waals surface area contributed by atoms with Crippen molar-refractivity contribution in [1.29, 1.82) is 0 Å². The highest BCUT2D eigenvalue weighted by atomic mass is 16.4. The molecule has 0 saturated heterocycles. The minimum atomic E-state index is -0.907. The van der Waals surface area contributed by atoms with Crippen molar-refractivity contribution in [2.45, 2.75) is 6.42 Å². The molecule has 2 N–H and O–H groups in total. The van der Waals surface area contributed by atoms with Gasteiger partial charge in [0.15, 0.2) is 0 Å². The first kappa shape index (κ1) is 11.2. The van der Waals surface area contributed by atoms with Gasteiger partial charge in [-0.1, -0.05) is 0 Å². The molecular weight excluding hydrogens is 220 g/mol. The number of aliphatic carboxylic acids is 1. The van der Waals surface area contributed by atoms with Gasteiger partial charge in [0.1, 0.15) is 18.0 Å². The van der Waals surface area contributed by atoms with Gasteiger partial charge in [-0.3, -0.25) is 4.79 Å². The second-order valence-electron chi connectivity index (χ2n) is 3.74. The van der Waals surface area contributed by atoms with Crippen LogP contribution in [-0.4, -0.2) is 25.7 Å². The van der Waals surface area contributed by atoms with Crippen LogP contribution in [0.1, 0.15) is 5.82 Å². The third-order valence-electron chi connectivity index (χ3n) is 2.56. The number of carboxylic acid groups (broad SMARTS) is 1. The molecule has 1 aromatic heterocycles. The Balaban J connectivity index is 2.37. The number of aromatic nitrogens is 2. The molecule has 0 atom stereocenters. The van der Waals surface area contributed by atoms with E-state index in [-0.39, 0.29) is 12.2 Å². The van der Waals surface area contributed by atoms with Crippen LogP contribution in [0, 0.1) is 0 Å². The van der Waals surface area contributed by atoms with E-state index in [9.17, 15) is 9.90 Å². The molecule has 0 fully saturated rings. The Labute approximate surface area is 98.0 Å². The van der Waals surface area contributed by atoms with Gasteiger partial charge in [-0.2, -0.15) is 0 Å². The molecule has 0 aliphatic carbocycles. The van der Waals surface area contributed by atoms with Gasteiger partial charge < -0.3 is 14.8 Å². The van der Waals surface area contributed by atoms with E-state index in [0.29, 0.717) is 5.82 Å². The molecule has 0 amide bonds. The minimum absolute atomic E-state index is 0.103. The highest BCUT2D eigenvalue weighted by Crippen LogP contribution is 2.22. The topological polar surface area (TPSA) is 75.3 Å². The Hall–Kier alpha value is -2.30. The van der Waals surface area contributed by atoms with Crippen molar-refractivity contribution in [2.24, 2.45) is 7.05 Å². The molecule has 88 valence electrons. The number of imidazole rings is 1. The second-order valence-corrected chi connectivity index (χ2v) is 3.74. The molecule has 0 bridgehead atoms. The molecule has 1 aromatic carbocycles. The van der Waals surface area contributed by atoms with Crippen molar-refractivity contribution in [2.75, 3.05) is 0 Å². The zero-order valence-electron chi connectivity index (χ0n) is 9.29. The predicted octanol–water partition coefficient (Wildman–Crippen LogP) is 1.42. The van der Waals surface area contributed by atoms with Gasteiger partial charge in [-0.25, -0.2) is 4.98 Å². The fraction of sp³-hybridized carbons (Fsp3) is 0.167. The van der Waals surface area contributed by atoms with Crippen molar-refractivity contribution in [1.82, 2.24) is 9.55 Å². The lowest BCUT2D eigenvalue weighted by molar-refractivity contribution is -0.136. The maximum atomic E-state index is 10.6. The van der Waals surface area contributed by atoms with Gasteiger partial charge in [-0.15, -0.1) is 0 Å². The molecule has 5 nitrogen and oxygen atoms in total. The standard InChI is InChI=1S/C12H12N2O3/c1-14-10(7-13-11(14)6-12(16)17)8-2-4-9(15)5-3-8/h2-5,7,15H,6H2,1H3,(H,16,17). The summed E-state index contributed by atoms with van der Waals surface area (Å²) in [5.41, 5.74) is 1.70. The average molecular weight is 232 g/mol. The lowest BCUT2D eigenvalue weighted by Gasteiger charge is -2.04. The SMILES string of the molecule is Cn1c(-c2ccc(O)cc2)cnc1CC(=O)O. The first-order valence-corrected chi connectivity index (χ1v) is 5.09. The Morgan fingerprint density at radius 3 is 2.59 bits per heavy atom. The Morgan fingerprint density at radius 1 is 1.35 bits per heavy atom. The summed E-state index contributed by atoms with van der Waals surface area (Å²) in [4.78, 5) is 14.7. The second kappa shape index (κ2) is 4.29. The van der Waals surface area contributed by atoms with Crippen molar-refractivity contribution in [3.8, 4) is 17.0 Å². The van der Waals surface area contributed by atoms with Crippen molar-refractivity contribution >= 4 is 5.97 Å². The van der Waals surface area contributed by atoms with E-state index in [2.05, 4.69) is 4.98 Å². The van der Waals surface area contributed by atoms with Gasteiger partial charge in [0.05, 0.1) is 11.9 Å². The van der Waals surface area contributed by atoms with E-state index in [0.717, 1.165) is 11.3 Å². The average Bonchev–Trinajstić information content (AvgIpc) is 2.61. The monoisotopic (exact) mass is 232 g/mol. The number of carboxylic acids is 1. The number of hydrogen-bond acceptors (Lipinski definition) is 3. The number of nitrogens with zero attached hydrogens (tertiary/aromatic N) is 2. The summed E-state index contributed by atoms with van der Waals surface area (Å²) in [7, 11) is 1.77. The normalized spacial score (nSPS) is 10.4. The van der Waals surface area contributed by atoms with Crippen molar-refractivity contribution in [3.05, 3.63) is 36.3 Å². The maximum Gasteiger partial charge on any atom is 0.311 e. The van der Waals surface area contributed by atoms with E-state index < -0.39 is 5.97 Å². The lowest BCUT2D eigenvalue weighted by Crippen LogP contribution is -2.07. The largest absolute Gasteiger partial charge is 0.508 e. The summed E-state index contributed by atoms with van der Waals surface area (Å²) in [5.74, 6) is -0.210. The van der Waals surface area contributed by atoms with E-state index in [1.807, 2.05) is 0 Å². The van der Waals surface area contributed by atoms with Crippen LogP contribution in [0.25, 0.3) is 11.3 Å². The third kappa shape index (κ3) is 2.28. The van der Waals surface area contributed by atoms with Crippen LogP contribution in [0.2, 0.25) is 0 Å². The molecule has 17 heavy (non-hydrogen) atoms. The Morgan fingerprint density at radius 2 is 2.00 bits per heavy atom. The molecule has 0 spiro atoms. The van der Waals surface area contributed by atoms with E-state index in [1.165, 1.54) is 0 Å². The zero-order chi connectivity index (χ0) is 12.4. The van der Waals surface area contributed by atoms with E-state index >= 15 is 0 Å². The maximum absolute atomic E-state index is 10.6. The van der Waals surface area contributed by atoms with Crippen LogP contribution in [-0.2, 0) is 18.3 Å². The number of phenolic OH excluding ortho intramolecular Hbond substituents is 1. The van der Waals surface area contributed by atoms with Gasteiger partial charge in [0.25, 0.3) is 0 Å². The molecule has 0 radical (unpaired) electrons. The highest BCUT2D eigenvalue weighted by Gasteiger charge is 2.11. The number of rotatable bonds is 3. The Kier molecular flexibility index (Phi) is 2.82. The molecule has 0 aliphatic heterocycles. The number of hydrogen-bond donors (Lipinski definition) is 2. The third-order valence-corrected chi connectivity index (χ3v) is 2.56. The van der Waals surface area contributed by atoms with Gasteiger partial charge in [-0.05, 0) is 24.3 Å². The molecule has 1 heterocycles. The van der Waals surface area contributed by atoms with Gasteiger partial charge in [0.2, 0.25) is 0 Å².